The fraction of sp³-hybridized carbons (Fsp3) is 0.526. The van der Waals surface area contributed by atoms with E-state index in [1.54, 1.807) is 4.90 Å². The molecule has 1 amide bonds. The number of carbonyl (C=O) groups is 2. The number of benzene rings is 1. The predicted molar refractivity (Wildman–Crippen MR) is 96.7 cm³/mol. The lowest BCUT2D eigenvalue weighted by molar-refractivity contribution is -0.154. The Morgan fingerprint density at radius 1 is 1.35 bits per heavy atom. The molecule has 2 saturated heterocycles. The van der Waals surface area contributed by atoms with Crippen molar-refractivity contribution in [3.8, 4) is 0 Å². The van der Waals surface area contributed by atoms with Gasteiger partial charge in [-0.15, -0.1) is 0 Å². The van der Waals surface area contributed by atoms with Crippen LogP contribution in [0, 0.1) is 11.3 Å². The number of H-pyrrole nitrogens is 1. The predicted octanol–water partition coefficient (Wildman–Crippen LogP) is 1.36. The van der Waals surface area contributed by atoms with Gasteiger partial charge in [0.2, 0.25) is 5.91 Å². The molecule has 7 heteroatoms. The van der Waals surface area contributed by atoms with E-state index in [0.29, 0.717) is 32.5 Å². The van der Waals surface area contributed by atoms with Crippen LogP contribution in [0.3, 0.4) is 0 Å². The highest BCUT2D eigenvalue weighted by Gasteiger charge is 2.55. The van der Waals surface area contributed by atoms with Crippen LogP contribution in [0.4, 0.5) is 0 Å². The van der Waals surface area contributed by atoms with Crippen molar-refractivity contribution in [2.45, 2.75) is 19.3 Å². The molecule has 2 aliphatic heterocycles. The number of aromatic amines is 1. The number of carbonyl (C=O) groups excluding carboxylic acids is 1. The number of rotatable bonds is 4. The van der Waals surface area contributed by atoms with Gasteiger partial charge >= 0.3 is 5.97 Å². The number of carboxylic acid groups (broad SMARTS) is 1. The van der Waals surface area contributed by atoms with Crippen molar-refractivity contribution in [1.29, 1.82) is 0 Å². The maximum absolute atomic E-state index is 12.7. The Hall–Kier alpha value is -2.41. The molecule has 2 aromatic rings. The molecule has 138 valence electrons. The fourth-order valence-electron chi connectivity index (χ4n) is 4.47. The Labute approximate surface area is 152 Å². The molecule has 0 unspecified atom stereocenters. The molecule has 0 radical (unpaired) electrons. The summed E-state index contributed by atoms with van der Waals surface area (Å²) in [5.74, 6) is 0.0833. The molecule has 1 aromatic carbocycles. The lowest BCUT2D eigenvalue weighted by atomic mass is 9.73. The first-order valence-electron chi connectivity index (χ1n) is 9.11. The zero-order valence-corrected chi connectivity index (χ0v) is 14.9. The summed E-state index contributed by atoms with van der Waals surface area (Å²) in [6.07, 6.45) is 1.71. The molecular weight excluding hydrogens is 332 g/mol. The number of imidazole rings is 1. The van der Waals surface area contributed by atoms with Gasteiger partial charge in [-0.3, -0.25) is 9.59 Å². The van der Waals surface area contributed by atoms with E-state index in [9.17, 15) is 14.7 Å². The van der Waals surface area contributed by atoms with Gasteiger partial charge in [-0.05, 0) is 38.1 Å². The first kappa shape index (κ1) is 17.0. The third-order valence-electron chi connectivity index (χ3n) is 5.90. The summed E-state index contributed by atoms with van der Waals surface area (Å²) >= 11 is 0. The Morgan fingerprint density at radius 3 is 2.92 bits per heavy atom. The summed E-state index contributed by atoms with van der Waals surface area (Å²) in [7, 11) is 1.95. The van der Waals surface area contributed by atoms with Crippen LogP contribution < -0.4 is 0 Å². The maximum atomic E-state index is 12.7. The molecule has 2 atom stereocenters. The minimum atomic E-state index is -0.817. The Kier molecular flexibility index (Phi) is 4.19. The topological polar surface area (TPSA) is 89.5 Å². The third kappa shape index (κ3) is 2.86. The lowest BCUT2D eigenvalue weighted by Crippen LogP contribution is -2.52. The van der Waals surface area contributed by atoms with Gasteiger partial charge in [-0.1, -0.05) is 12.1 Å². The summed E-state index contributed by atoms with van der Waals surface area (Å²) in [5.41, 5.74) is 1.05. The standard InChI is InChI=1S/C19H24N4O3/c1-22-9-8-13-10-23(12-19(13,11-22)18(25)26)17(24)7-6-16-20-14-4-2-3-5-15(14)21-16/h2-5,13H,6-12H2,1H3,(H,20,21)(H,25,26)/t13-,19-/m0/s1. The van der Waals surface area contributed by atoms with Crippen molar-refractivity contribution in [2.24, 2.45) is 11.3 Å². The van der Waals surface area contributed by atoms with Crippen LogP contribution in [0.25, 0.3) is 11.0 Å². The van der Waals surface area contributed by atoms with Crippen molar-refractivity contribution < 1.29 is 14.7 Å². The number of fused-ring (bicyclic) bond motifs is 2. The first-order chi connectivity index (χ1) is 12.5. The summed E-state index contributed by atoms with van der Waals surface area (Å²) in [5, 5.41) is 9.83. The second-order valence-electron chi connectivity index (χ2n) is 7.66. The highest BCUT2D eigenvalue weighted by atomic mass is 16.4. The van der Waals surface area contributed by atoms with E-state index in [-0.39, 0.29) is 11.8 Å². The number of carboxylic acids is 1. The van der Waals surface area contributed by atoms with Gasteiger partial charge in [-0.25, -0.2) is 4.98 Å². The number of aromatic nitrogens is 2. The van der Waals surface area contributed by atoms with E-state index in [4.69, 9.17) is 0 Å². The molecule has 0 saturated carbocycles. The molecule has 26 heavy (non-hydrogen) atoms. The van der Waals surface area contributed by atoms with E-state index in [2.05, 4.69) is 14.9 Å². The van der Waals surface area contributed by atoms with E-state index < -0.39 is 11.4 Å². The Bertz CT molecular complexity index is 815. The van der Waals surface area contributed by atoms with Crippen LogP contribution in [-0.4, -0.2) is 70.0 Å². The largest absolute Gasteiger partial charge is 0.481 e. The quantitative estimate of drug-likeness (QED) is 0.863. The highest BCUT2D eigenvalue weighted by Crippen LogP contribution is 2.42. The van der Waals surface area contributed by atoms with Crippen LogP contribution in [0.5, 0.6) is 0 Å². The zero-order valence-electron chi connectivity index (χ0n) is 14.9. The number of likely N-dealkylation sites (tertiary alicyclic amines) is 2. The first-order valence-corrected chi connectivity index (χ1v) is 9.11. The van der Waals surface area contributed by atoms with E-state index in [1.807, 2.05) is 31.3 Å². The van der Waals surface area contributed by atoms with Gasteiger partial charge in [0.25, 0.3) is 0 Å². The average molecular weight is 356 g/mol. The van der Waals surface area contributed by atoms with Crippen molar-refractivity contribution in [3.05, 3.63) is 30.1 Å². The van der Waals surface area contributed by atoms with Crippen LogP contribution in [-0.2, 0) is 16.0 Å². The van der Waals surface area contributed by atoms with E-state index in [0.717, 1.165) is 29.8 Å². The second kappa shape index (κ2) is 6.39. The minimum absolute atomic E-state index is 0.0168. The number of aryl methyl sites for hydroxylation is 1. The van der Waals surface area contributed by atoms with Crippen molar-refractivity contribution in [2.75, 3.05) is 33.2 Å². The van der Waals surface area contributed by atoms with Gasteiger partial charge in [-0.2, -0.15) is 0 Å². The van der Waals surface area contributed by atoms with Crippen LogP contribution in [0.15, 0.2) is 24.3 Å². The van der Waals surface area contributed by atoms with Gasteiger partial charge < -0.3 is 19.9 Å². The monoisotopic (exact) mass is 356 g/mol. The molecule has 1 aromatic heterocycles. The number of para-hydroxylation sites is 2. The number of hydrogen-bond acceptors (Lipinski definition) is 4. The van der Waals surface area contributed by atoms with Gasteiger partial charge in [0.15, 0.2) is 0 Å². The molecular formula is C19H24N4O3. The fourth-order valence-corrected chi connectivity index (χ4v) is 4.47. The average Bonchev–Trinajstić information content (AvgIpc) is 3.20. The van der Waals surface area contributed by atoms with E-state index in [1.165, 1.54) is 0 Å². The Balaban J connectivity index is 1.43. The molecule has 3 heterocycles. The van der Waals surface area contributed by atoms with Crippen molar-refractivity contribution in [3.63, 3.8) is 0 Å². The zero-order chi connectivity index (χ0) is 18.3. The molecule has 0 aliphatic carbocycles. The normalized spacial score (nSPS) is 26.2. The summed E-state index contributed by atoms with van der Waals surface area (Å²) < 4.78 is 0. The lowest BCUT2D eigenvalue weighted by Gasteiger charge is -2.39. The molecule has 0 spiro atoms. The maximum Gasteiger partial charge on any atom is 0.313 e. The Morgan fingerprint density at radius 2 is 2.15 bits per heavy atom. The number of hydrogen-bond donors (Lipinski definition) is 2. The highest BCUT2D eigenvalue weighted by molar-refractivity contribution is 5.81. The van der Waals surface area contributed by atoms with Gasteiger partial charge in [0, 0.05) is 32.5 Å². The molecule has 2 aliphatic rings. The summed E-state index contributed by atoms with van der Waals surface area (Å²) in [4.78, 5) is 36.2. The number of amides is 1. The third-order valence-corrected chi connectivity index (χ3v) is 5.90. The number of nitrogens with one attached hydrogen (secondary N) is 1. The molecule has 2 fully saturated rings. The van der Waals surface area contributed by atoms with Crippen molar-refractivity contribution in [1.82, 2.24) is 19.8 Å². The molecule has 0 bridgehead atoms. The second-order valence-corrected chi connectivity index (χ2v) is 7.66. The van der Waals surface area contributed by atoms with Crippen molar-refractivity contribution >= 4 is 22.9 Å². The minimum Gasteiger partial charge on any atom is -0.481 e. The van der Waals surface area contributed by atoms with Gasteiger partial charge in [0.1, 0.15) is 11.2 Å². The molecule has 4 rings (SSSR count). The smallest absolute Gasteiger partial charge is 0.313 e. The molecule has 2 N–H and O–H groups in total. The summed E-state index contributed by atoms with van der Waals surface area (Å²) in [6, 6.07) is 7.79. The number of piperidine rings is 1. The van der Waals surface area contributed by atoms with Crippen LogP contribution in [0.1, 0.15) is 18.7 Å². The number of aliphatic carboxylic acids is 1. The van der Waals surface area contributed by atoms with Gasteiger partial charge in [0.05, 0.1) is 11.0 Å². The van der Waals surface area contributed by atoms with Crippen LogP contribution in [0.2, 0.25) is 0 Å². The summed E-state index contributed by atoms with van der Waals surface area (Å²) in [6.45, 7) is 2.27. The van der Waals surface area contributed by atoms with E-state index >= 15 is 0 Å². The SMILES string of the molecule is CN1CC[C@H]2CN(C(=O)CCc3nc4ccccc4[nH]3)C[C@@]2(C(=O)O)C1. The van der Waals surface area contributed by atoms with Crippen LogP contribution >= 0.6 is 0 Å². The molecule has 7 nitrogen and oxygen atoms in total. The number of nitrogens with zero attached hydrogens (tertiary/aromatic N) is 3.